The molecule has 0 aliphatic rings. The van der Waals surface area contributed by atoms with Gasteiger partial charge in [0.1, 0.15) is 36.2 Å². The molecule has 0 aliphatic heterocycles. The van der Waals surface area contributed by atoms with Crippen molar-refractivity contribution in [3.63, 3.8) is 0 Å². The Bertz CT molecular complexity index is 3560. The average Bonchev–Trinajstić information content (AvgIpc) is 3.21. The number of nitrogens with one attached hydrogen (secondary N) is 1. The Morgan fingerprint density at radius 3 is 1.46 bits per heavy atom. The number of nitrogens with two attached hydrogens (primary N) is 1. The van der Waals surface area contributed by atoms with Crippen LogP contribution in [0.4, 0.5) is 56.9 Å². The Hall–Kier alpha value is -4.30. The summed E-state index contributed by atoms with van der Waals surface area (Å²) in [5.41, 5.74) is -2.72. The maximum Gasteiger partial charge on any atom is 3.00 e. The zero-order valence-corrected chi connectivity index (χ0v) is 48.2. The minimum Gasteiger partial charge on any atom is -0.871 e. The van der Waals surface area contributed by atoms with Crippen LogP contribution in [0.3, 0.4) is 0 Å². The molecular formula is C33H17CrN10Na4O21S3. The predicted molar refractivity (Wildman–Crippen MR) is 212 cm³/mol. The van der Waals surface area contributed by atoms with Crippen molar-refractivity contribution in [2.24, 2.45) is 20.5 Å². The number of rotatable bonds is 13. The first kappa shape index (κ1) is 67.7. The molecule has 0 fully saturated rings. The molecule has 0 saturated heterocycles. The predicted octanol–water partition coefficient (Wildman–Crippen LogP) is -9.24. The van der Waals surface area contributed by atoms with Gasteiger partial charge in [0.2, 0.25) is 0 Å². The first-order chi connectivity index (χ1) is 31.0. The van der Waals surface area contributed by atoms with Crippen molar-refractivity contribution in [1.82, 2.24) is 0 Å². The molecular weight excluding hydrogens is 1110 g/mol. The fourth-order valence-corrected chi connectivity index (χ4v) is 7.46. The van der Waals surface area contributed by atoms with Crippen molar-refractivity contribution in [2.75, 3.05) is 16.9 Å². The maximum absolute atomic E-state index is 12.7. The SMILES string of the molecule is Nc1ccc2cc(S(=O)(=O)[O-])c(N=Nc3cc([N+](=O)[O-])cc([N+](=O)[O-])c3[O-])c([O-])c2c1.O=[N+]([O-])c1cc(N=Nc2c([O-])cc3c(NCS(=O)(=O)[O-])cccc3c2S(=O)(=O)[O-])c([O-])c([N+](=O)[O-])c1.[Cr+3].[Na+].[Na+].[Na+].[Na+]. The van der Waals surface area contributed by atoms with Crippen molar-refractivity contribution >= 4 is 109 Å². The minimum absolute atomic E-state index is 0. The van der Waals surface area contributed by atoms with Crippen molar-refractivity contribution < 1.29 is 215 Å². The molecule has 0 bridgehead atoms. The third-order valence-corrected chi connectivity index (χ3v) is 10.8. The summed E-state index contributed by atoms with van der Waals surface area (Å²) in [6.45, 7) is 0. The maximum atomic E-state index is 12.7. The molecule has 39 heteroatoms. The second-order valence-corrected chi connectivity index (χ2v) is 16.9. The van der Waals surface area contributed by atoms with Gasteiger partial charge < -0.3 is 45.1 Å². The number of nitrogen functional groups attached to an aromatic ring is 1. The molecule has 0 spiro atoms. The summed E-state index contributed by atoms with van der Waals surface area (Å²) in [5, 5.41) is 108. The van der Waals surface area contributed by atoms with E-state index in [1.165, 1.54) is 24.3 Å². The van der Waals surface area contributed by atoms with Crippen LogP contribution in [0.15, 0.2) is 103 Å². The first-order valence-corrected chi connectivity index (χ1v) is 21.4. The normalized spacial score (nSPS) is 11.2. The van der Waals surface area contributed by atoms with E-state index in [0.29, 0.717) is 24.3 Å². The largest absolute Gasteiger partial charge is 3.00 e. The van der Waals surface area contributed by atoms with Crippen LogP contribution in [0.2, 0.25) is 0 Å². The van der Waals surface area contributed by atoms with E-state index in [-0.39, 0.29) is 163 Å². The van der Waals surface area contributed by atoms with Gasteiger partial charge in [-0.25, -0.2) is 25.3 Å². The molecule has 0 aliphatic carbocycles. The van der Waals surface area contributed by atoms with Gasteiger partial charge in [0, 0.05) is 45.8 Å². The molecule has 353 valence electrons. The number of nitro groups is 4. The van der Waals surface area contributed by atoms with Crippen molar-refractivity contribution in [2.45, 2.75) is 9.79 Å². The number of anilines is 2. The van der Waals surface area contributed by atoms with Crippen LogP contribution >= 0.6 is 0 Å². The molecule has 0 amide bonds. The van der Waals surface area contributed by atoms with Gasteiger partial charge in [-0.2, -0.15) is 10.2 Å². The smallest absolute Gasteiger partial charge is 0.871 e. The molecule has 72 heavy (non-hydrogen) atoms. The Balaban J connectivity index is 0.00000132. The number of nitro benzene ring substituents is 4. The Morgan fingerprint density at radius 2 is 1.03 bits per heavy atom. The number of hydrogen-bond acceptors (Lipinski definition) is 27. The summed E-state index contributed by atoms with van der Waals surface area (Å²) in [6, 6.07) is 10.6. The number of nitrogens with zero attached hydrogens (tertiary/aromatic N) is 8. The zero-order valence-electron chi connectivity index (χ0n) is 36.5. The molecule has 1 radical (unpaired) electrons. The van der Waals surface area contributed by atoms with Crippen molar-refractivity contribution in [3.05, 3.63) is 113 Å². The molecule has 0 saturated carbocycles. The van der Waals surface area contributed by atoms with Crippen molar-refractivity contribution in [1.29, 1.82) is 0 Å². The van der Waals surface area contributed by atoms with E-state index in [4.69, 9.17) is 5.73 Å². The molecule has 6 aromatic carbocycles. The molecule has 0 aromatic heterocycles. The van der Waals surface area contributed by atoms with Crippen LogP contribution in [0.1, 0.15) is 0 Å². The molecule has 31 nitrogen and oxygen atoms in total. The van der Waals surface area contributed by atoms with E-state index in [2.05, 4.69) is 25.8 Å². The summed E-state index contributed by atoms with van der Waals surface area (Å²) >= 11 is 0. The summed E-state index contributed by atoms with van der Waals surface area (Å²) in [6.07, 6.45) is 0. The number of benzene rings is 6. The topological polar surface area (TPSA) is 524 Å². The molecule has 0 atom stereocenters. The quantitative estimate of drug-likeness (QED) is 0.0271. The van der Waals surface area contributed by atoms with E-state index in [0.717, 1.165) is 24.3 Å². The molecule has 0 unspecified atom stereocenters. The molecule has 6 rings (SSSR count). The fraction of sp³-hybridized carbons (Fsp3) is 0.0303. The summed E-state index contributed by atoms with van der Waals surface area (Å²) in [4.78, 5) is 37.2. The van der Waals surface area contributed by atoms with Crippen molar-refractivity contribution in [3.8, 4) is 23.0 Å². The van der Waals surface area contributed by atoms with Crippen LogP contribution in [-0.2, 0) is 47.7 Å². The third kappa shape index (κ3) is 16.1. The monoisotopic (exact) mass is 1130 g/mol. The van der Waals surface area contributed by atoms with Crippen LogP contribution in [-0.4, -0.2) is 64.5 Å². The Kier molecular flexibility index (Phi) is 25.2. The van der Waals surface area contributed by atoms with Crippen LogP contribution < -0.4 is 150 Å². The molecule has 3 N–H and O–H groups in total. The van der Waals surface area contributed by atoms with E-state index >= 15 is 0 Å². The molecule has 0 heterocycles. The Labute approximate surface area is 500 Å². The van der Waals surface area contributed by atoms with Gasteiger partial charge in [0.05, 0.1) is 64.4 Å². The summed E-state index contributed by atoms with van der Waals surface area (Å²) in [7, 11) is -15.5. The van der Waals surface area contributed by atoms with Gasteiger partial charge in [-0.3, -0.25) is 40.5 Å². The zero-order chi connectivity index (χ0) is 50.1. The van der Waals surface area contributed by atoms with Crippen LogP contribution in [0.5, 0.6) is 23.0 Å². The fourth-order valence-electron chi connectivity index (χ4n) is 5.66. The number of hydrogen-bond donors (Lipinski definition) is 2. The van der Waals surface area contributed by atoms with Gasteiger partial charge in [0.15, 0.2) is 0 Å². The van der Waals surface area contributed by atoms with Gasteiger partial charge in [0.25, 0.3) is 22.7 Å². The first-order valence-electron chi connectivity index (χ1n) is 17.0. The van der Waals surface area contributed by atoms with Crippen LogP contribution in [0, 0.1) is 40.5 Å². The number of non-ortho nitro benzene ring substituents is 2. The molecule has 6 aromatic rings. The second-order valence-electron chi connectivity index (χ2n) is 12.8. The van der Waals surface area contributed by atoms with E-state index in [9.17, 15) is 99.8 Å². The van der Waals surface area contributed by atoms with Gasteiger partial charge in [-0.05, 0) is 35.0 Å². The van der Waals surface area contributed by atoms with E-state index in [1.807, 2.05) is 0 Å². The minimum atomic E-state index is -5.51. The summed E-state index contributed by atoms with van der Waals surface area (Å²) in [5.74, 6) is -6.30. The number of fused-ring (bicyclic) bond motifs is 2. The van der Waals surface area contributed by atoms with Crippen LogP contribution in [0.25, 0.3) is 21.5 Å². The van der Waals surface area contributed by atoms with Gasteiger partial charge in [-0.1, -0.05) is 35.8 Å². The van der Waals surface area contributed by atoms with E-state index < -0.39 is 140 Å². The van der Waals surface area contributed by atoms with E-state index in [1.54, 1.807) is 0 Å². The standard InChI is InChI=1S/C17H13N5O12S2.C16H11N5O9S.Cr.4Na/c23-14-6-10-9(2-1-3-11(10)18-7-35(29,30)31)17(36(32,33)34)15(14)20-19-12-4-8(21(25)26)5-13(16(12)24)22(27)28;17-8-2-1-7-3-13(31(28,29)30)14(15(22)10(7)4-8)19-18-11-5-9(20(24)25)6-12(16(11)23)21(26)27;;;;;/h1-6,18,23-24H,7H2,(H,29,30,31)(H,32,33,34);1-6,22-23H,17H2,(H,28,29,30);;;;;/q;;+3;4*+1/p-7. The van der Waals surface area contributed by atoms with Gasteiger partial charge in [-0.15, -0.1) is 10.2 Å². The Morgan fingerprint density at radius 1 is 0.542 bits per heavy atom. The van der Waals surface area contributed by atoms with Gasteiger partial charge >= 0.3 is 136 Å². The third-order valence-electron chi connectivity index (χ3n) is 8.49. The second kappa shape index (κ2) is 26.8. The average molecular weight is 1130 g/mol. The summed E-state index contributed by atoms with van der Waals surface area (Å²) < 4.78 is 104. The number of azo groups is 2.